The summed E-state index contributed by atoms with van der Waals surface area (Å²) in [7, 11) is 1.91. The summed E-state index contributed by atoms with van der Waals surface area (Å²) in [6.07, 6.45) is 4.61. The van der Waals surface area contributed by atoms with Gasteiger partial charge in [0.25, 0.3) is 11.5 Å². The zero-order valence-electron chi connectivity index (χ0n) is 14.5. The van der Waals surface area contributed by atoms with Gasteiger partial charge in [0.1, 0.15) is 5.56 Å². The molecule has 0 spiro atoms. The van der Waals surface area contributed by atoms with E-state index in [9.17, 15) is 9.59 Å². The Morgan fingerprint density at radius 3 is 2.81 bits per heavy atom. The van der Waals surface area contributed by atoms with E-state index in [0.717, 1.165) is 36.1 Å². The molecule has 0 aliphatic heterocycles. The van der Waals surface area contributed by atoms with Crippen LogP contribution in [0.25, 0.3) is 11.3 Å². The van der Waals surface area contributed by atoms with Crippen LogP contribution in [-0.4, -0.2) is 20.7 Å². The average Bonchev–Trinajstić information content (AvgIpc) is 3.04. The number of hydrogen-bond donors (Lipinski definition) is 2. The van der Waals surface area contributed by atoms with E-state index >= 15 is 0 Å². The fourth-order valence-electron chi connectivity index (χ4n) is 3.53. The third-order valence-electron chi connectivity index (χ3n) is 4.92. The number of rotatable bonds is 3. The summed E-state index contributed by atoms with van der Waals surface area (Å²) in [5.74, 6) is -0.354. The molecule has 0 fully saturated rings. The minimum absolute atomic E-state index is 0.104. The quantitative estimate of drug-likeness (QED) is 0.763. The maximum absolute atomic E-state index is 12.6. The first-order valence-corrected chi connectivity index (χ1v) is 8.74. The first-order valence-electron chi connectivity index (χ1n) is 8.74. The topological polar surface area (TPSA) is 79.8 Å². The largest absolute Gasteiger partial charge is 0.345 e. The van der Waals surface area contributed by atoms with Crippen molar-refractivity contribution in [2.24, 2.45) is 7.05 Å². The van der Waals surface area contributed by atoms with Gasteiger partial charge in [0.05, 0.1) is 12.2 Å². The smallest absolute Gasteiger partial charge is 0.261 e. The number of pyridine rings is 1. The SMILES string of the molecule is Cn1ncc2c1CCC[C@@H]2NC(=O)c1ccc(-c2ccccc2)[nH]c1=O. The molecule has 6 heteroatoms. The number of aromatic nitrogens is 3. The van der Waals surface area contributed by atoms with E-state index in [1.54, 1.807) is 12.1 Å². The van der Waals surface area contributed by atoms with Gasteiger partial charge in [-0.2, -0.15) is 5.10 Å². The Balaban J connectivity index is 1.57. The number of benzene rings is 1. The lowest BCUT2D eigenvalue weighted by Crippen LogP contribution is -2.34. The first kappa shape index (κ1) is 16.3. The van der Waals surface area contributed by atoms with E-state index in [4.69, 9.17) is 0 Å². The fourth-order valence-corrected chi connectivity index (χ4v) is 3.53. The molecule has 1 aliphatic rings. The van der Waals surface area contributed by atoms with Crippen molar-refractivity contribution in [2.45, 2.75) is 25.3 Å². The van der Waals surface area contributed by atoms with Crippen LogP contribution in [0.2, 0.25) is 0 Å². The molecule has 4 rings (SSSR count). The molecular formula is C20H20N4O2. The van der Waals surface area contributed by atoms with E-state index in [0.29, 0.717) is 5.69 Å². The molecule has 1 amide bonds. The second-order valence-corrected chi connectivity index (χ2v) is 6.57. The summed E-state index contributed by atoms with van der Waals surface area (Å²) in [5.41, 5.74) is 3.54. The highest BCUT2D eigenvalue weighted by atomic mass is 16.2. The molecule has 0 saturated heterocycles. The van der Waals surface area contributed by atoms with Crippen LogP contribution >= 0.6 is 0 Å². The van der Waals surface area contributed by atoms with Crippen molar-refractivity contribution in [3.8, 4) is 11.3 Å². The maximum atomic E-state index is 12.6. The molecule has 1 atom stereocenters. The molecule has 2 aromatic heterocycles. The lowest BCUT2D eigenvalue weighted by atomic mass is 9.93. The molecular weight excluding hydrogens is 328 g/mol. The lowest BCUT2D eigenvalue weighted by Gasteiger charge is -2.23. The van der Waals surface area contributed by atoms with Gasteiger partial charge in [0, 0.05) is 24.0 Å². The van der Waals surface area contributed by atoms with Gasteiger partial charge >= 0.3 is 0 Å². The molecule has 3 aromatic rings. The number of nitrogens with one attached hydrogen (secondary N) is 2. The van der Waals surface area contributed by atoms with Gasteiger partial charge in [-0.3, -0.25) is 14.3 Å². The normalized spacial score (nSPS) is 16.1. The maximum Gasteiger partial charge on any atom is 0.261 e. The minimum Gasteiger partial charge on any atom is -0.345 e. The van der Waals surface area contributed by atoms with E-state index in [1.807, 2.05) is 48.3 Å². The van der Waals surface area contributed by atoms with Gasteiger partial charge in [-0.1, -0.05) is 30.3 Å². The monoisotopic (exact) mass is 348 g/mol. The number of H-pyrrole nitrogens is 1. The Morgan fingerprint density at radius 1 is 1.23 bits per heavy atom. The molecule has 0 unspecified atom stereocenters. The van der Waals surface area contributed by atoms with Crippen LogP contribution < -0.4 is 10.9 Å². The highest BCUT2D eigenvalue weighted by molar-refractivity contribution is 5.94. The number of carbonyl (C=O) groups is 1. The van der Waals surface area contributed by atoms with Crippen LogP contribution in [0, 0.1) is 0 Å². The van der Waals surface area contributed by atoms with Gasteiger partial charge in [-0.15, -0.1) is 0 Å². The molecule has 26 heavy (non-hydrogen) atoms. The van der Waals surface area contributed by atoms with E-state index in [-0.39, 0.29) is 23.1 Å². The van der Waals surface area contributed by atoms with Gasteiger partial charge in [-0.05, 0) is 37.0 Å². The zero-order chi connectivity index (χ0) is 18.1. The molecule has 0 bridgehead atoms. The van der Waals surface area contributed by atoms with Gasteiger partial charge in [-0.25, -0.2) is 0 Å². The van der Waals surface area contributed by atoms with Gasteiger partial charge in [0.15, 0.2) is 0 Å². The molecule has 0 saturated carbocycles. The van der Waals surface area contributed by atoms with E-state index < -0.39 is 0 Å². The van der Waals surface area contributed by atoms with Crippen molar-refractivity contribution >= 4 is 5.91 Å². The van der Waals surface area contributed by atoms with Crippen LogP contribution in [-0.2, 0) is 13.5 Å². The van der Waals surface area contributed by atoms with Crippen molar-refractivity contribution in [3.05, 3.63) is 75.8 Å². The Kier molecular flexibility index (Phi) is 4.16. The van der Waals surface area contributed by atoms with Crippen LogP contribution in [0.1, 0.15) is 40.5 Å². The third-order valence-corrected chi connectivity index (χ3v) is 4.92. The molecule has 2 heterocycles. The Morgan fingerprint density at radius 2 is 2.04 bits per heavy atom. The van der Waals surface area contributed by atoms with Crippen LogP contribution in [0.5, 0.6) is 0 Å². The van der Waals surface area contributed by atoms with Crippen molar-refractivity contribution in [3.63, 3.8) is 0 Å². The highest BCUT2D eigenvalue weighted by Crippen LogP contribution is 2.29. The summed E-state index contributed by atoms with van der Waals surface area (Å²) < 4.78 is 1.86. The Bertz CT molecular complexity index is 1000. The number of amides is 1. The second kappa shape index (κ2) is 6.63. The summed E-state index contributed by atoms with van der Waals surface area (Å²) in [6.45, 7) is 0. The molecule has 1 aliphatic carbocycles. The zero-order valence-corrected chi connectivity index (χ0v) is 14.5. The molecule has 132 valence electrons. The van der Waals surface area contributed by atoms with E-state index in [2.05, 4.69) is 15.4 Å². The van der Waals surface area contributed by atoms with Crippen LogP contribution in [0.3, 0.4) is 0 Å². The molecule has 2 N–H and O–H groups in total. The summed E-state index contributed by atoms with van der Waals surface area (Å²) in [5, 5.41) is 7.28. The Labute approximate surface area is 150 Å². The fraction of sp³-hybridized carbons (Fsp3) is 0.250. The number of carbonyl (C=O) groups excluding carboxylic acids is 1. The number of hydrogen-bond acceptors (Lipinski definition) is 3. The summed E-state index contributed by atoms with van der Waals surface area (Å²) in [6, 6.07) is 12.8. The van der Waals surface area contributed by atoms with Crippen molar-refractivity contribution in [1.29, 1.82) is 0 Å². The second-order valence-electron chi connectivity index (χ2n) is 6.57. The number of aromatic amines is 1. The lowest BCUT2D eigenvalue weighted by molar-refractivity contribution is 0.0931. The van der Waals surface area contributed by atoms with Crippen molar-refractivity contribution < 1.29 is 4.79 Å². The van der Waals surface area contributed by atoms with Gasteiger partial charge < -0.3 is 10.3 Å². The number of nitrogens with zero attached hydrogens (tertiary/aromatic N) is 2. The summed E-state index contributed by atoms with van der Waals surface area (Å²) >= 11 is 0. The first-order chi connectivity index (χ1) is 12.6. The number of aryl methyl sites for hydroxylation is 1. The van der Waals surface area contributed by atoms with Crippen molar-refractivity contribution in [2.75, 3.05) is 0 Å². The predicted molar refractivity (Wildman–Crippen MR) is 98.9 cm³/mol. The standard InChI is InChI=1S/C20H20N4O2/c1-24-18-9-5-8-17(15(18)12-21-24)23-20(26)14-10-11-16(22-19(14)25)13-6-3-2-4-7-13/h2-4,6-7,10-12,17H,5,8-9H2,1H3,(H,22,25)(H,23,26)/t17-/m0/s1. The van der Waals surface area contributed by atoms with Crippen molar-refractivity contribution in [1.82, 2.24) is 20.1 Å². The van der Waals surface area contributed by atoms with Crippen LogP contribution in [0.4, 0.5) is 0 Å². The molecule has 1 aromatic carbocycles. The van der Waals surface area contributed by atoms with Crippen LogP contribution in [0.15, 0.2) is 53.5 Å². The predicted octanol–water partition coefficient (Wildman–Crippen LogP) is 2.58. The molecule has 0 radical (unpaired) electrons. The highest BCUT2D eigenvalue weighted by Gasteiger charge is 2.25. The summed E-state index contributed by atoms with van der Waals surface area (Å²) in [4.78, 5) is 27.9. The molecule has 6 nitrogen and oxygen atoms in total. The Hall–Kier alpha value is -3.15. The van der Waals surface area contributed by atoms with E-state index in [1.165, 1.54) is 0 Å². The third kappa shape index (κ3) is 2.94. The number of fused-ring (bicyclic) bond motifs is 1. The van der Waals surface area contributed by atoms with Gasteiger partial charge in [0.2, 0.25) is 0 Å². The minimum atomic E-state index is -0.383. The average molecular weight is 348 g/mol.